The highest BCUT2D eigenvalue weighted by molar-refractivity contribution is 6.10. The van der Waals surface area contributed by atoms with Crippen LogP contribution in [0, 0.1) is 6.92 Å². The summed E-state index contributed by atoms with van der Waals surface area (Å²) in [7, 11) is 2.91. The van der Waals surface area contributed by atoms with Gasteiger partial charge in [-0.3, -0.25) is 19.3 Å². The minimum absolute atomic E-state index is 0.112. The number of aromatic amines is 1. The molecule has 0 fully saturated rings. The molecule has 0 unspecified atom stereocenters. The Morgan fingerprint density at radius 2 is 1.93 bits per heavy atom. The topological polar surface area (TPSA) is 137 Å². The van der Waals surface area contributed by atoms with Crippen molar-refractivity contribution in [3.63, 3.8) is 0 Å². The second-order valence-corrected chi connectivity index (χ2v) is 6.47. The number of nitrogens with zero attached hydrogens (tertiary/aromatic N) is 5. The number of carbonyl (C=O) groups excluding carboxylic acids is 2. The summed E-state index contributed by atoms with van der Waals surface area (Å²) in [4.78, 5) is 44.3. The predicted octanol–water partition coefficient (Wildman–Crippen LogP) is 1.19. The molecule has 0 saturated carbocycles. The van der Waals surface area contributed by atoms with Crippen LogP contribution in [0.5, 0.6) is 0 Å². The summed E-state index contributed by atoms with van der Waals surface area (Å²) in [5.74, 6) is -0.790. The third-order valence-corrected chi connectivity index (χ3v) is 4.44. The lowest BCUT2D eigenvalue weighted by Gasteiger charge is -2.10. The minimum atomic E-state index is -0.627. The maximum Gasteiger partial charge on any atom is 0.338 e. The Morgan fingerprint density at radius 1 is 1.20 bits per heavy atom. The molecular formula is C19H17N7O4. The first kappa shape index (κ1) is 19.1. The van der Waals surface area contributed by atoms with Crippen molar-refractivity contribution in [3.8, 4) is 5.95 Å². The summed E-state index contributed by atoms with van der Waals surface area (Å²) in [5, 5.41) is 11.4. The molecule has 1 amide bonds. The van der Waals surface area contributed by atoms with Gasteiger partial charge in [0.25, 0.3) is 11.5 Å². The summed E-state index contributed by atoms with van der Waals surface area (Å²) in [5.41, 5.74) is 0.834. The van der Waals surface area contributed by atoms with E-state index in [1.165, 1.54) is 34.8 Å². The zero-order valence-corrected chi connectivity index (χ0v) is 16.3. The van der Waals surface area contributed by atoms with Crippen LogP contribution in [0.25, 0.3) is 17.0 Å². The molecule has 0 atom stereocenters. The largest absolute Gasteiger partial charge is 0.465 e. The van der Waals surface area contributed by atoms with E-state index in [2.05, 4.69) is 25.5 Å². The Bertz CT molecular complexity index is 1350. The van der Waals surface area contributed by atoms with E-state index in [0.29, 0.717) is 16.7 Å². The number of rotatable bonds is 4. The molecule has 0 aliphatic heterocycles. The summed E-state index contributed by atoms with van der Waals surface area (Å²) in [6.45, 7) is 1.73. The van der Waals surface area contributed by atoms with Crippen molar-refractivity contribution in [2.75, 3.05) is 12.4 Å². The normalized spacial score (nSPS) is 10.9. The van der Waals surface area contributed by atoms with E-state index < -0.39 is 11.9 Å². The highest BCUT2D eigenvalue weighted by atomic mass is 16.5. The number of H-pyrrole nitrogens is 1. The fraction of sp³-hybridized carbons (Fsp3) is 0.158. The molecule has 0 aliphatic carbocycles. The average Bonchev–Trinajstić information content (AvgIpc) is 3.30. The summed E-state index contributed by atoms with van der Waals surface area (Å²) in [6, 6.07) is 7.90. The molecule has 1 aromatic carbocycles. The molecule has 3 heterocycles. The van der Waals surface area contributed by atoms with Crippen LogP contribution in [0.4, 0.5) is 5.82 Å². The molecule has 2 N–H and O–H groups in total. The minimum Gasteiger partial charge on any atom is -0.465 e. The lowest BCUT2D eigenvalue weighted by Crippen LogP contribution is -2.21. The summed E-state index contributed by atoms with van der Waals surface area (Å²) in [6.07, 6.45) is 1.42. The van der Waals surface area contributed by atoms with Gasteiger partial charge in [0.15, 0.2) is 5.65 Å². The lowest BCUT2D eigenvalue weighted by molar-refractivity contribution is 0.0597. The van der Waals surface area contributed by atoms with Crippen molar-refractivity contribution in [2.45, 2.75) is 6.92 Å². The lowest BCUT2D eigenvalue weighted by atomic mass is 10.1. The fourth-order valence-electron chi connectivity index (χ4n) is 3.02. The second kappa shape index (κ2) is 7.28. The predicted molar refractivity (Wildman–Crippen MR) is 107 cm³/mol. The van der Waals surface area contributed by atoms with Crippen LogP contribution < -0.4 is 10.9 Å². The van der Waals surface area contributed by atoms with Gasteiger partial charge in [-0.05, 0) is 19.1 Å². The van der Waals surface area contributed by atoms with Crippen LogP contribution in [0.3, 0.4) is 0 Å². The fourth-order valence-corrected chi connectivity index (χ4v) is 3.02. The van der Waals surface area contributed by atoms with Crippen molar-refractivity contribution < 1.29 is 14.3 Å². The Balaban J connectivity index is 1.75. The quantitative estimate of drug-likeness (QED) is 0.485. The van der Waals surface area contributed by atoms with Crippen LogP contribution in [0.2, 0.25) is 0 Å². The Hall–Kier alpha value is -4.28. The number of benzene rings is 1. The molecule has 0 bridgehead atoms. The Labute approximate surface area is 169 Å². The van der Waals surface area contributed by atoms with Gasteiger partial charge in [-0.2, -0.15) is 19.9 Å². The average molecular weight is 407 g/mol. The van der Waals surface area contributed by atoms with Gasteiger partial charge in [-0.1, -0.05) is 12.1 Å². The molecule has 152 valence electrons. The number of esters is 1. The van der Waals surface area contributed by atoms with E-state index >= 15 is 0 Å². The molecule has 0 radical (unpaired) electrons. The monoisotopic (exact) mass is 407 g/mol. The molecule has 0 spiro atoms. The van der Waals surface area contributed by atoms with Crippen LogP contribution in [-0.4, -0.2) is 48.5 Å². The van der Waals surface area contributed by atoms with E-state index in [4.69, 9.17) is 4.74 Å². The van der Waals surface area contributed by atoms with Gasteiger partial charge in [0.1, 0.15) is 11.2 Å². The number of aromatic nitrogens is 6. The van der Waals surface area contributed by atoms with Crippen LogP contribution in [0.15, 0.2) is 41.3 Å². The van der Waals surface area contributed by atoms with Crippen LogP contribution in [0.1, 0.15) is 26.4 Å². The molecule has 3 aromatic heterocycles. The Morgan fingerprint density at radius 3 is 2.67 bits per heavy atom. The van der Waals surface area contributed by atoms with Crippen LogP contribution in [-0.2, 0) is 11.8 Å². The molecule has 0 aliphatic rings. The van der Waals surface area contributed by atoms with Gasteiger partial charge < -0.3 is 10.1 Å². The van der Waals surface area contributed by atoms with E-state index in [-0.39, 0.29) is 28.5 Å². The number of fused-ring (bicyclic) bond motifs is 1. The maximum atomic E-state index is 12.9. The molecule has 11 heteroatoms. The number of nitrogens with one attached hydrogen (secondary N) is 2. The highest BCUT2D eigenvalue weighted by Crippen LogP contribution is 2.18. The molecule has 4 rings (SSSR count). The summed E-state index contributed by atoms with van der Waals surface area (Å²) >= 11 is 0. The SMILES string of the molecule is COC(=O)c1ccccc1C(=O)Nc1cc(C)nn1-c1nc2c(cnn2C)c(=O)[nH]1. The van der Waals surface area contributed by atoms with Gasteiger partial charge in [0.05, 0.1) is 30.1 Å². The number of aryl methyl sites for hydroxylation is 2. The number of carbonyl (C=O) groups is 2. The van der Waals surface area contributed by atoms with Gasteiger partial charge in [-0.25, -0.2) is 4.79 Å². The smallest absolute Gasteiger partial charge is 0.338 e. The van der Waals surface area contributed by atoms with E-state index in [9.17, 15) is 14.4 Å². The number of hydrogen-bond donors (Lipinski definition) is 2. The molecular weight excluding hydrogens is 390 g/mol. The summed E-state index contributed by atoms with van der Waals surface area (Å²) < 4.78 is 7.51. The van der Waals surface area contributed by atoms with Crippen molar-refractivity contribution in [1.82, 2.24) is 29.5 Å². The molecule has 0 saturated heterocycles. The van der Waals surface area contributed by atoms with Gasteiger partial charge in [-0.15, -0.1) is 0 Å². The van der Waals surface area contributed by atoms with E-state index in [1.54, 1.807) is 32.2 Å². The van der Waals surface area contributed by atoms with Crippen molar-refractivity contribution in [1.29, 1.82) is 0 Å². The van der Waals surface area contributed by atoms with Gasteiger partial charge in [0, 0.05) is 13.1 Å². The number of ether oxygens (including phenoxy) is 1. The number of amides is 1. The number of anilines is 1. The zero-order valence-electron chi connectivity index (χ0n) is 16.3. The van der Waals surface area contributed by atoms with Crippen molar-refractivity contribution in [2.24, 2.45) is 7.05 Å². The first-order valence-electron chi connectivity index (χ1n) is 8.87. The number of methoxy groups -OCH3 is 1. The third kappa shape index (κ3) is 3.21. The zero-order chi connectivity index (χ0) is 21.4. The van der Waals surface area contributed by atoms with E-state index in [0.717, 1.165) is 0 Å². The Kier molecular flexibility index (Phi) is 4.62. The van der Waals surface area contributed by atoms with Gasteiger partial charge >= 0.3 is 5.97 Å². The van der Waals surface area contributed by atoms with Crippen molar-refractivity contribution in [3.05, 3.63) is 63.7 Å². The van der Waals surface area contributed by atoms with E-state index in [1.807, 2.05) is 0 Å². The molecule has 30 heavy (non-hydrogen) atoms. The van der Waals surface area contributed by atoms with Crippen molar-refractivity contribution >= 4 is 28.7 Å². The maximum absolute atomic E-state index is 12.9. The standard InChI is InChI=1S/C19H17N7O4/c1-10-8-14(21-16(27)11-6-4-5-7-12(11)18(29)30-3)26(24-10)19-22-15-13(17(28)23-19)9-20-25(15)2/h4-9H,1-3H3,(H,21,27)(H,22,23,28). The molecule has 4 aromatic rings. The first-order chi connectivity index (χ1) is 14.4. The first-order valence-corrected chi connectivity index (χ1v) is 8.87. The highest BCUT2D eigenvalue weighted by Gasteiger charge is 2.20. The number of hydrogen-bond acceptors (Lipinski definition) is 7. The third-order valence-electron chi connectivity index (χ3n) is 4.44. The van der Waals surface area contributed by atoms with Crippen LogP contribution >= 0.6 is 0 Å². The second-order valence-electron chi connectivity index (χ2n) is 6.47. The van der Waals surface area contributed by atoms with Gasteiger partial charge in [0.2, 0.25) is 5.95 Å². The molecule has 11 nitrogen and oxygen atoms in total.